The van der Waals surface area contributed by atoms with Gasteiger partial charge in [0.15, 0.2) is 0 Å². The molecule has 4 aliphatic carbocycles. The van der Waals surface area contributed by atoms with E-state index in [1.807, 2.05) is 13.8 Å². The molecule has 4 saturated carbocycles. The van der Waals surface area contributed by atoms with Gasteiger partial charge in [-0.05, 0) is 69.6 Å². The highest BCUT2D eigenvalue weighted by molar-refractivity contribution is 5.03. The third-order valence-electron chi connectivity index (χ3n) is 5.31. The molecule has 0 aliphatic heterocycles. The molecule has 2 heteroatoms. The van der Waals surface area contributed by atoms with Gasteiger partial charge >= 0.3 is 0 Å². The fraction of sp³-hybridized carbons (Fsp3) is 0.933. The van der Waals surface area contributed by atoms with E-state index in [4.69, 9.17) is 5.26 Å². The molecule has 2 nitrogen and oxygen atoms in total. The van der Waals surface area contributed by atoms with Gasteiger partial charge in [-0.2, -0.15) is 5.26 Å². The molecule has 0 heterocycles. The van der Waals surface area contributed by atoms with E-state index in [0.29, 0.717) is 0 Å². The zero-order valence-electron chi connectivity index (χ0n) is 11.1. The van der Waals surface area contributed by atoms with Crippen LogP contribution < -0.4 is 5.32 Å². The lowest BCUT2D eigenvalue weighted by Crippen LogP contribution is -2.55. The summed E-state index contributed by atoms with van der Waals surface area (Å²) in [6, 6.07) is 3.12. The van der Waals surface area contributed by atoms with Gasteiger partial charge in [0.1, 0.15) is 0 Å². The minimum absolute atomic E-state index is 0.214. The SMILES string of the molecule is CC(C)(C#N)CNC1C2CC3CC(C2)CC1C3. The zero-order chi connectivity index (χ0) is 12.0. The van der Waals surface area contributed by atoms with Crippen molar-refractivity contribution in [1.29, 1.82) is 5.26 Å². The Morgan fingerprint density at radius 1 is 1.06 bits per heavy atom. The van der Waals surface area contributed by atoms with Crippen molar-refractivity contribution in [2.45, 2.75) is 52.0 Å². The number of hydrogen-bond acceptors (Lipinski definition) is 2. The maximum atomic E-state index is 9.09. The van der Waals surface area contributed by atoms with Crippen LogP contribution in [0.25, 0.3) is 0 Å². The minimum Gasteiger partial charge on any atom is -0.312 e. The fourth-order valence-corrected chi connectivity index (χ4v) is 4.67. The van der Waals surface area contributed by atoms with Crippen molar-refractivity contribution in [2.24, 2.45) is 29.1 Å². The largest absolute Gasteiger partial charge is 0.312 e. The number of rotatable bonds is 3. The average molecular weight is 232 g/mol. The second-order valence-corrected chi connectivity index (χ2v) is 7.33. The van der Waals surface area contributed by atoms with Crippen LogP contribution in [0.4, 0.5) is 0 Å². The van der Waals surface area contributed by atoms with Crippen molar-refractivity contribution in [3.8, 4) is 6.07 Å². The first-order valence-electron chi connectivity index (χ1n) is 7.22. The van der Waals surface area contributed by atoms with E-state index >= 15 is 0 Å². The molecule has 4 fully saturated rings. The maximum absolute atomic E-state index is 9.09. The summed E-state index contributed by atoms with van der Waals surface area (Å²) < 4.78 is 0. The molecule has 0 spiro atoms. The first-order chi connectivity index (χ1) is 8.07. The van der Waals surface area contributed by atoms with Crippen LogP contribution in [0.15, 0.2) is 0 Å². The van der Waals surface area contributed by atoms with Crippen molar-refractivity contribution in [2.75, 3.05) is 6.54 Å². The minimum atomic E-state index is -0.214. The Balaban J connectivity index is 1.63. The van der Waals surface area contributed by atoms with Crippen molar-refractivity contribution in [3.63, 3.8) is 0 Å². The highest BCUT2D eigenvalue weighted by atomic mass is 15.0. The molecule has 0 radical (unpaired) electrons. The molecule has 0 saturated heterocycles. The van der Waals surface area contributed by atoms with Gasteiger partial charge in [0.05, 0.1) is 11.5 Å². The molecule has 0 atom stereocenters. The Kier molecular flexibility index (Phi) is 2.70. The van der Waals surface area contributed by atoms with E-state index in [9.17, 15) is 0 Å². The van der Waals surface area contributed by atoms with E-state index in [1.165, 1.54) is 32.1 Å². The first kappa shape index (κ1) is 11.5. The molecular formula is C15H24N2. The molecule has 0 aromatic rings. The van der Waals surface area contributed by atoms with Crippen molar-refractivity contribution in [3.05, 3.63) is 0 Å². The normalized spacial score (nSPS) is 43.7. The molecule has 0 unspecified atom stereocenters. The van der Waals surface area contributed by atoms with Gasteiger partial charge in [0.2, 0.25) is 0 Å². The van der Waals surface area contributed by atoms with E-state index in [-0.39, 0.29) is 5.41 Å². The lowest BCUT2D eigenvalue weighted by Gasteiger charge is -2.55. The van der Waals surface area contributed by atoms with Crippen LogP contribution in [0.2, 0.25) is 0 Å². The third kappa shape index (κ3) is 2.10. The van der Waals surface area contributed by atoms with Crippen LogP contribution in [-0.2, 0) is 0 Å². The van der Waals surface area contributed by atoms with Crippen LogP contribution in [0.5, 0.6) is 0 Å². The summed E-state index contributed by atoms with van der Waals surface area (Å²) in [4.78, 5) is 0. The number of nitrogens with one attached hydrogen (secondary N) is 1. The number of nitrogens with zero attached hydrogens (tertiary/aromatic N) is 1. The summed E-state index contributed by atoms with van der Waals surface area (Å²) in [7, 11) is 0. The lowest BCUT2D eigenvalue weighted by molar-refractivity contribution is -0.0153. The summed E-state index contributed by atoms with van der Waals surface area (Å²) in [6.07, 6.45) is 7.34. The van der Waals surface area contributed by atoms with Crippen molar-refractivity contribution >= 4 is 0 Å². The van der Waals surface area contributed by atoms with Crippen LogP contribution in [-0.4, -0.2) is 12.6 Å². The molecule has 17 heavy (non-hydrogen) atoms. The summed E-state index contributed by atoms with van der Waals surface area (Å²) in [5.41, 5.74) is -0.214. The second kappa shape index (κ2) is 3.99. The third-order valence-corrected chi connectivity index (χ3v) is 5.31. The van der Waals surface area contributed by atoms with Crippen molar-refractivity contribution < 1.29 is 0 Å². The predicted octanol–water partition coefficient (Wildman–Crippen LogP) is 2.95. The van der Waals surface area contributed by atoms with Crippen LogP contribution in [0.3, 0.4) is 0 Å². The lowest BCUT2D eigenvalue weighted by atomic mass is 9.54. The molecule has 0 aromatic carbocycles. The predicted molar refractivity (Wildman–Crippen MR) is 68.2 cm³/mol. The quantitative estimate of drug-likeness (QED) is 0.812. The molecule has 4 rings (SSSR count). The molecule has 0 amide bonds. The number of hydrogen-bond donors (Lipinski definition) is 1. The summed E-state index contributed by atoms with van der Waals surface area (Å²) in [6.45, 7) is 4.93. The molecule has 1 N–H and O–H groups in total. The van der Waals surface area contributed by atoms with E-state index in [2.05, 4.69) is 11.4 Å². The topological polar surface area (TPSA) is 35.8 Å². The van der Waals surface area contributed by atoms with Gasteiger partial charge in [-0.3, -0.25) is 0 Å². The highest BCUT2D eigenvalue weighted by Gasteiger charge is 2.48. The smallest absolute Gasteiger partial charge is 0.0697 e. The van der Waals surface area contributed by atoms with Crippen LogP contribution in [0, 0.1) is 40.4 Å². The standard InChI is InChI=1S/C15H24N2/c1-15(2,8-16)9-17-14-12-4-10-3-11(6-12)7-13(14)5-10/h10-14,17H,3-7,9H2,1-2H3. The summed E-state index contributed by atoms with van der Waals surface area (Å²) >= 11 is 0. The Hall–Kier alpha value is -0.550. The Morgan fingerprint density at radius 2 is 1.59 bits per heavy atom. The molecule has 0 aromatic heterocycles. The zero-order valence-corrected chi connectivity index (χ0v) is 11.1. The summed E-state index contributed by atoms with van der Waals surface area (Å²) in [5.74, 6) is 3.92. The van der Waals surface area contributed by atoms with Gasteiger partial charge in [-0.1, -0.05) is 0 Å². The van der Waals surface area contributed by atoms with E-state index in [0.717, 1.165) is 36.3 Å². The van der Waals surface area contributed by atoms with Gasteiger partial charge in [-0.15, -0.1) is 0 Å². The molecule has 94 valence electrons. The van der Waals surface area contributed by atoms with E-state index in [1.54, 1.807) is 0 Å². The second-order valence-electron chi connectivity index (χ2n) is 7.33. The Bertz CT molecular complexity index is 311. The van der Waals surface area contributed by atoms with Gasteiger partial charge in [0.25, 0.3) is 0 Å². The van der Waals surface area contributed by atoms with Crippen LogP contribution >= 0.6 is 0 Å². The van der Waals surface area contributed by atoms with Gasteiger partial charge in [-0.25, -0.2) is 0 Å². The highest BCUT2D eigenvalue weighted by Crippen LogP contribution is 2.53. The maximum Gasteiger partial charge on any atom is 0.0697 e. The molecule has 4 bridgehead atoms. The monoisotopic (exact) mass is 232 g/mol. The Morgan fingerprint density at radius 3 is 2.06 bits per heavy atom. The summed E-state index contributed by atoms with van der Waals surface area (Å²) in [5, 5.41) is 12.8. The van der Waals surface area contributed by atoms with Gasteiger partial charge < -0.3 is 5.32 Å². The van der Waals surface area contributed by atoms with E-state index < -0.39 is 0 Å². The molecular weight excluding hydrogens is 208 g/mol. The fourth-order valence-electron chi connectivity index (χ4n) is 4.67. The van der Waals surface area contributed by atoms with Crippen molar-refractivity contribution in [1.82, 2.24) is 5.32 Å². The Labute approximate surface area is 105 Å². The van der Waals surface area contributed by atoms with Gasteiger partial charge in [0, 0.05) is 12.6 Å². The number of nitriles is 1. The first-order valence-corrected chi connectivity index (χ1v) is 7.22. The average Bonchev–Trinajstić information content (AvgIpc) is 2.27. The van der Waals surface area contributed by atoms with Crippen LogP contribution in [0.1, 0.15) is 46.0 Å². The molecule has 4 aliphatic rings.